The van der Waals surface area contributed by atoms with E-state index in [2.05, 4.69) is 61.2 Å². The minimum Gasteiger partial charge on any atom is -0.539 e. The maximum absolute atomic E-state index is 6.09. The monoisotopic (exact) mass is 246 g/mol. The van der Waals surface area contributed by atoms with Crippen LogP contribution in [0.3, 0.4) is 0 Å². The van der Waals surface area contributed by atoms with Crippen molar-refractivity contribution in [3.05, 3.63) is 11.7 Å². The highest BCUT2D eigenvalue weighted by Crippen LogP contribution is 2.41. The lowest BCUT2D eigenvalue weighted by atomic mass is 10.2. The second-order valence-electron chi connectivity index (χ2n) is 6.45. The van der Waals surface area contributed by atoms with Crippen LogP contribution < -0.4 is 0 Å². The summed E-state index contributed by atoms with van der Waals surface area (Å²) >= 11 is 1.72. The van der Waals surface area contributed by atoms with Crippen LogP contribution in [0.15, 0.2) is 11.7 Å². The molecule has 15 heavy (non-hydrogen) atoms. The van der Waals surface area contributed by atoms with Gasteiger partial charge in [-0.15, -0.1) is 0 Å². The van der Waals surface area contributed by atoms with Gasteiger partial charge in [-0.1, -0.05) is 59.9 Å². The molecule has 0 aliphatic rings. The van der Waals surface area contributed by atoms with E-state index < -0.39 is 8.32 Å². The molecule has 0 aromatic heterocycles. The Morgan fingerprint density at radius 1 is 1.07 bits per heavy atom. The quantitative estimate of drug-likeness (QED) is 0.511. The van der Waals surface area contributed by atoms with Crippen LogP contribution in [0, 0.1) is 0 Å². The molecule has 0 aromatic carbocycles. The summed E-state index contributed by atoms with van der Waals surface area (Å²) in [5, 5.41) is 1.11. The van der Waals surface area contributed by atoms with Gasteiger partial charge in [0.1, 0.15) is 5.09 Å². The van der Waals surface area contributed by atoms with Gasteiger partial charge >= 0.3 is 0 Å². The molecular formula is C12H26OSSi. The van der Waals surface area contributed by atoms with Crippen molar-refractivity contribution in [2.45, 2.75) is 64.4 Å². The van der Waals surface area contributed by atoms with Crippen LogP contribution in [-0.4, -0.2) is 13.1 Å². The van der Waals surface area contributed by atoms with Crippen molar-refractivity contribution in [1.29, 1.82) is 0 Å². The van der Waals surface area contributed by atoms with Crippen molar-refractivity contribution >= 4 is 20.1 Å². The Kier molecular flexibility index (Phi) is 4.57. The maximum atomic E-state index is 6.09. The summed E-state index contributed by atoms with van der Waals surface area (Å²) in [7, 11) is -1.69. The first-order chi connectivity index (χ1) is 6.35. The van der Waals surface area contributed by atoms with Crippen LogP contribution in [0.1, 0.15) is 41.5 Å². The molecule has 0 aromatic rings. The Balaban J connectivity index is 4.43. The highest BCUT2D eigenvalue weighted by Gasteiger charge is 2.39. The van der Waals surface area contributed by atoms with E-state index in [0.29, 0.717) is 0 Å². The van der Waals surface area contributed by atoms with Gasteiger partial charge in [0.25, 0.3) is 8.32 Å². The highest BCUT2D eigenvalue weighted by atomic mass is 32.2. The molecule has 0 bridgehead atoms. The molecule has 0 aliphatic heterocycles. The molecular weight excluding hydrogens is 220 g/mol. The van der Waals surface area contributed by atoms with Gasteiger partial charge in [0.05, 0.1) is 0 Å². The van der Waals surface area contributed by atoms with Crippen molar-refractivity contribution in [3.8, 4) is 0 Å². The van der Waals surface area contributed by atoms with E-state index in [9.17, 15) is 0 Å². The lowest BCUT2D eigenvalue weighted by molar-refractivity contribution is 0.418. The van der Waals surface area contributed by atoms with Gasteiger partial charge in [-0.2, -0.15) is 0 Å². The second kappa shape index (κ2) is 4.54. The van der Waals surface area contributed by atoms with Gasteiger partial charge in [0.2, 0.25) is 0 Å². The summed E-state index contributed by atoms with van der Waals surface area (Å²) in [6.45, 7) is 21.8. The maximum Gasteiger partial charge on any atom is 0.251 e. The van der Waals surface area contributed by atoms with Crippen LogP contribution >= 0.6 is 11.8 Å². The van der Waals surface area contributed by atoms with Gasteiger partial charge in [-0.3, -0.25) is 0 Å². The third-order valence-corrected chi connectivity index (χ3v) is 8.04. The first kappa shape index (κ1) is 15.1. The summed E-state index contributed by atoms with van der Waals surface area (Å²) in [5.74, 6) is 0. The Labute approximate surface area is 101 Å². The minimum absolute atomic E-state index is 0.180. The molecule has 0 atom stereocenters. The van der Waals surface area contributed by atoms with E-state index in [1.54, 1.807) is 11.8 Å². The highest BCUT2D eigenvalue weighted by molar-refractivity contribution is 8.04. The van der Waals surface area contributed by atoms with E-state index in [0.717, 1.165) is 5.09 Å². The Hall–Kier alpha value is 0.107. The molecule has 0 heterocycles. The molecule has 0 N–H and O–H groups in total. The van der Waals surface area contributed by atoms with Gasteiger partial charge < -0.3 is 4.43 Å². The molecule has 0 rings (SSSR count). The summed E-state index contributed by atoms with van der Waals surface area (Å²) in [6.07, 6.45) is 0. The number of thioether (sulfide) groups is 1. The van der Waals surface area contributed by atoms with Gasteiger partial charge in [-0.05, 0) is 18.1 Å². The van der Waals surface area contributed by atoms with E-state index in [1.807, 2.05) is 0 Å². The smallest absolute Gasteiger partial charge is 0.251 e. The van der Waals surface area contributed by atoms with Crippen molar-refractivity contribution in [3.63, 3.8) is 0 Å². The van der Waals surface area contributed by atoms with E-state index in [4.69, 9.17) is 4.43 Å². The molecule has 0 aliphatic carbocycles. The fourth-order valence-electron chi connectivity index (χ4n) is 0.800. The summed E-state index contributed by atoms with van der Waals surface area (Å²) < 4.78 is 6.27. The number of hydrogen-bond donors (Lipinski definition) is 0. The van der Waals surface area contributed by atoms with Crippen molar-refractivity contribution < 1.29 is 4.43 Å². The molecule has 0 saturated carbocycles. The molecule has 1 nitrogen and oxygen atoms in total. The lowest BCUT2D eigenvalue weighted by Gasteiger charge is -2.37. The van der Waals surface area contributed by atoms with Gasteiger partial charge in [-0.25, -0.2) is 0 Å². The van der Waals surface area contributed by atoms with Crippen molar-refractivity contribution in [2.24, 2.45) is 0 Å². The van der Waals surface area contributed by atoms with Crippen LogP contribution in [-0.2, 0) is 4.43 Å². The molecule has 0 unspecified atom stereocenters. The number of hydrogen-bond acceptors (Lipinski definition) is 2. The van der Waals surface area contributed by atoms with Gasteiger partial charge in [0, 0.05) is 4.75 Å². The topological polar surface area (TPSA) is 9.23 Å². The Morgan fingerprint density at radius 2 is 1.47 bits per heavy atom. The molecule has 0 radical (unpaired) electrons. The largest absolute Gasteiger partial charge is 0.539 e. The van der Waals surface area contributed by atoms with Crippen LogP contribution in [0.5, 0.6) is 0 Å². The predicted octanol–water partition coefficient (Wildman–Crippen LogP) is 5.01. The fraction of sp³-hybridized carbons (Fsp3) is 0.833. The molecule has 0 fully saturated rings. The zero-order valence-electron chi connectivity index (χ0n) is 11.5. The standard InChI is InChI=1S/C12H26OSSi/c1-10(14-11(2,3)4)13-15(8,9)12(5,6)7/h1H2,2-9H3. The molecule has 0 spiro atoms. The average Bonchev–Trinajstić information content (AvgIpc) is 1.75. The van der Waals surface area contributed by atoms with E-state index in [-0.39, 0.29) is 9.79 Å². The van der Waals surface area contributed by atoms with Crippen LogP contribution in [0.4, 0.5) is 0 Å². The summed E-state index contributed by atoms with van der Waals surface area (Å²) in [6, 6.07) is 0. The van der Waals surface area contributed by atoms with Crippen molar-refractivity contribution in [1.82, 2.24) is 0 Å². The van der Waals surface area contributed by atoms with Crippen LogP contribution in [0.2, 0.25) is 18.1 Å². The third kappa shape index (κ3) is 5.66. The SMILES string of the molecule is C=C(O[Si](C)(C)C(C)(C)C)SC(C)(C)C. The van der Waals surface area contributed by atoms with Crippen molar-refractivity contribution in [2.75, 3.05) is 0 Å². The summed E-state index contributed by atoms with van der Waals surface area (Å²) in [5.41, 5.74) is 0. The predicted molar refractivity (Wildman–Crippen MR) is 74.8 cm³/mol. The molecule has 90 valence electrons. The first-order valence-corrected chi connectivity index (χ1v) is 9.14. The molecule has 0 saturated heterocycles. The van der Waals surface area contributed by atoms with E-state index >= 15 is 0 Å². The molecule has 3 heteroatoms. The first-order valence-electron chi connectivity index (χ1n) is 5.42. The summed E-state index contributed by atoms with van der Waals surface area (Å²) in [4.78, 5) is 0. The minimum atomic E-state index is -1.69. The Bertz CT molecular complexity index is 233. The number of rotatable bonds is 3. The van der Waals surface area contributed by atoms with Gasteiger partial charge in [0.15, 0.2) is 0 Å². The third-order valence-electron chi connectivity index (χ3n) is 2.60. The lowest BCUT2D eigenvalue weighted by Crippen LogP contribution is -2.40. The zero-order chi connectivity index (χ0) is 12.5. The average molecular weight is 246 g/mol. The van der Waals surface area contributed by atoms with Crippen LogP contribution in [0.25, 0.3) is 0 Å². The Morgan fingerprint density at radius 3 is 1.73 bits per heavy atom. The van der Waals surface area contributed by atoms with E-state index in [1.165, 1.54) is 0 Å². The second-order valence-corrected chi connectivity index (χ2v) is 13.1. The fourth-order valence-corrected chi connectivity index (χ4v) is 3.15. The molecule has 0 amide bonds. The zero-order valence-corrected chi connectivity index (χ0v) is 13.3. The normalized spacial score (nSPS) is 13.9.